The summed E-state index contributed by atoms with van der Waals surface area (Å²) in [4.78, 5) is 14.0. The van der Waals surface area contributed by atoms with Gasteiger partial charge in [0.2, 0.25) is 0 Å². The van der Waals surface area contributed by atoms with Crippen LogP contribution in [0.15, 0.2) is 24.3 Å². The minimum atomic E-state index is -0.0274. The number of aliphatic hydroxyl groups is 1. The van der Waals surface area contributed by atoms with Crippen LogP contribution in [0, 0.1) is 5.92 Å². The molecule has 0 saturated heterocycles. The highest BCUT2D eigenvalue weighted by Crippen LogP contribution is 2.08. The number of benzene rings is 1. The second kappa shape index (κ2) is 7.92. The molecule has 0 aliphatic carbocycles. The van der Waals surface area contributed by atoms with Crippen molar-refractivity contribution in [2.45, 2.75) is 20.4 Å². The number of amides is 1. The van der Waals surface area contributed by atoms with Gasteiger partial charge in [0.25, 0.3) is 5.91 Å². The maximum atomic E-state index is 11.9. The Balaban J connectivity index is 2.63. The van der Waals surface area contributed by atoms with Gasteiger partial charge < -0.3 is 10.4 Å². The van der Waals surface area contributed by atoms with Crippen LogP contribution < -0.4 is 5.32 Å². The Morgan fingerprint density at radius 3 is 2.79 bits per heavy atom. The average Bonchev–Trinajstić information content (AvgIpc) is 2.36. The Bertz CT molecular complexity index is 405. The van der Waals surface area contributed by atoms with Gasteiger partial charge in [-0.15, -0.1) is 0 Å². The first-order valence-electron chi connectivity index (χ1n) is 6.69. The summed E-state index contributed by atoms with van der Waals surface area (Å²) >= 11 is 0. The van der Waals surface area contributed by atoms with Gasteiger partial charge in [0, 0.05) is 25.2 Å². The van der Waals surface area contributed by atoms with Gasteiger partial charge in [-0.25, -0.2) is 0 Å². The fourth-order valence-electron chi connectivity index (χ4n) is 1.77. The van der Waals surface area contributed by atoms with E-state index in [1.54, 1.807) is 0 Å². The number of hydrogen-bond donors (Lipinski definition) is 2. The highest BCUT2D eigenvalue weighted by molar-refractivity contribution is 5.94. The standard InChI is InChI=1S/C15H24N2O2/c1-12(2)10-16-15(19)14-6-4-5-13(9-14)11-17(3)7-8-18/h4-6,9,12,18H,7-8,10-11H2,1-3H3,(H,16,19). The van der Waals surface area contributed by atoms with E-state index in [1.807, 2.05) is 36.2 Å². The summed E-state index contributed by atoms with van der Waals surface area (Å²) in [6, 6.07) is 7.62. The third-order valence-electron chi connectivity index (χ3n) is 2.79. The SMILES string of the molecule is CC(C)CNC(=O)c1cccc(CN(C)CCO)c1. The molecule has 0 unspecified atom stereocenters. The van der Waals surface area contributed by atoms with E-state index < -0.39 is 0 Å². The lowest BCUT2D eigenvalue weighted by atomic mass is 10.1. The first-order chi connectivity index (χ1) is 9.02. The lowest BCUT2D eigenvalue weighted by Gasteiger charge is -2.15. The largest absolute Gasteiger partial charge is 0.395 e. The summed E-state index contributed by atoms with van der Waals surface area (Å²) < 4.78 is 0. The molecule has 0 atom stereocenters. The van der Waals surface area contributed by atoms with Crippen LogP contribution in [0.5, 0.6) is 0 Å². The van der Waals surface area contributed by atoms with Crippen LogP contribution in [0.25, 0.3) is 0 Å². The fourth-order valence-corrected chi connectivity index (χ4v) is 1.77. The van der Waals surface area contributed by atoms with Gasteiger partial charge in [-0.3, -0.25) is 9.69 Å². The molecule has 0 radical (unpaired) electrons. The number of nitrogens with one attached hydrogen (secondary N) is 1. The molecule has 4 nitrogen and oxygen atoms in total. The monoisotopic (exact) mass is 264 g/mol. The summed E-state index contributed by atoms with van der Waals surface area (Å²) in [6.07, 6.45) is 0. The van der Waals surface area contributed by atoms with Gasteiger partial charge in [-0.1, -0.05) is 26.0 Å². The van der Waals surface area contributed by atoms with Crippen molar-refractivity contribution in [2.75, 3.05) is 26.7 Å². The molecule has 106 valence electrons. The topological polar surface area (TPSA) is 52.6 Å². The van der Waals surface area contributed by atoms with E-state index >= 15 is 0 Å². The molecule has 1 rings (SSSR count). The number of carbonyl (C=O) groups excluding carboxylic acids is 1. The normalized spacial score (nSPS) is 11.1. The predicted molar refractivity (Wildman–Crippen MR) is 77.0 cm³/mol. The van der Waals surface area contributed by atoms with Gasteiger partial charge in [-0.05, 0) is 30.7 Å². The van der Waals surface area contributed by atoms with Gasteiger partial charge in [-0.2, -0.15) is 0 Å². The summed E-state index contributed by atoms with van der Waals surface area (Å²) in [5.41, 5.74) is 1.77. The van der Waals surface area contributed by atoms with Crippen molar-refractivity contribution in [2.24, 2.45) is 5.92 Å². The van der Waals surface area contributed by atoms with E-state index in [4.69, 9.17) is 5.11 Å². The predicted octanol–water partition coefficient (Wildman–Crippen LogP) is 1.50. The van der Waals surface area contributed by atoms with Crippen molar-refractivity contribution in [1.29, 1.82) is 0 Å². The van der Waals surface area contributed by atoms with E-state index in [-0.39, 0.29) is 12.5 Å². The Labute approximate surface area is 115 Å². The highest BCUT2D eigenvalue weighted by Gasteiger charge is 2.07. The van der Waals surface area contributed by atoms with Crippen LogP contribution in [0.1, 0.15) is 29.8 Å². The molecule has 1 aromatic rings. The zero-order valence-corrected chi connectivity index (χ0v) is 12.0. The highest BCUT2D eigenvalue weighted by atomic mass is 16.3. The number of nitrogens with zero attached hydrogens (tertiary/aromatic N) is 1. The molecule has 0 fully saturated rings. The van der Waals surface area contributed by atoms with Gasteiger partial charge in [0.1, 0.15) is 0 Å². The molecule has 0 aromatic heterocycles. The summed E-state index contributed by atoms with van der Waals surface area (Å²) in [7, 11) is 1.95. The van der Waals surface area contributed by atoms with Gasteiger partial charge >= 0.3 is 0 Å². The summed E-state index contributed by atoms with van der Waals surface area (Å²) in [5.74, 6) is 0.420. The van der Waals surface area contributed by atoms with E-state index in [0.29, 0.717) is 24.6 Å². The van der Waals surface area contributed by atoms with Crippen LogP contribution in [-0.2, 0) is 6.54 Å². The molecule has 19 heavy (non-hydrogen) atoms. The third-order valence-corrected chi connectivity index (χ3v) is 2.79. The third kappa shape index (κ3) is 5.85. The van der Waals surface area contributed by atoms with Crippen molar-refractivity contribution < 1.29 is 9.90 Å². The quantitative estimate of drug-likeness (QED) is 0.784. The number of rotatable bonds is 7. The van der Waals surface area contributed by atoms with Crippen molar-refractivity contribution >= 4 is 5.91 Å². The van der Waals surface area contributed by atoms with Crippen molar-refractivity contribution in [3.8, 4) is 0 Å². The zero-order chi connectivity index (χ0) is 14.3. The lowest BCUT2D eigenvalue weighted by Crippen LogP contribution is -2.27. The lowest BCUT2D eigenvalue weighted by molar-refractivity contribution is 0.0948. The molecule has 0 saturated carbocycles. The second-order valence-electron chi connectivity index (χ2n) is 5.27. The fraction of sp³-hybridized carbons (Fsp3) is 0.533. The molecule has 1 amide bonds. The van der Waals surface area contributed by atoms with Crippen molar-refractivity contribution in [3.63, 3.8) is 0 Å². The van der Waals surface area contributed by atoms with Crippen LogP contribution >= 0.6 is 0 Å². The zero-order valence-electron chi connectivity index (χ0n) is 12.0. The number of aliphatic hydroxyl groups excluding tert-OH is 1. The molecule has 0 aliphatic rings. The van der Waals surface area contributed by atoms with Crippen LogP contribution in [-0.4, -0.2) is 42.7 Å². The van der Waals surface area contributed by atoms with Gasteiger partial charge in [0.15, 0.2) is 0 Å². The first-order valence-corrected chi connectivity index (χ1v) is 6.69. The van der Waals surface area contributed by atoms with Crippen LogP contribution in [0.3, 0.4) is 0 Å². The molecule has 0 heterocycles. The van der Waals surface area contributed by atoms with Crippen molar-refractivity contribution in [3.05, 3.63) is 35.4 Å². The smallest absolute Gasteiger partial charge is 0.251 e. The van der Waals surface area contributed by atoms with E-state index in [0.717, 1.165) is 12.1 Å². The number of carbonyl (C=O) groups is 1. The second-order valence-corrected chi connectivity index (χ2v) is 5.27. The van der Waals surface area contributed by atoms with E-state index in [1.165, 1.54) is 0 Å². The Hall–Kier alpha value is -1.39. The molecule has 0 spiro atoms. The first kappa shape index (κ1) is 15.7. The Morgan fingerprint density at radius 1 is 1.42 bits per heavy atom. The van der Waals surface area contributed by atoms with Crippen LogP contribution in [0.2, 0.25) is 0 Å². The molecule has 1 aromatic carbocycles. The molecular formula is C15H24N2O2. The molecule has 2 N–H and O–H groups in total. The minimum Gasteiger partial charge on any atom is -0.395 e. The Morgan fingerprint density at radius 2 is 2.16 bits per heavy atom. The molecular weight excluding hydrogens is 240 g/mol. The number of likely N-dealkylation sites (N-methyl/N-ethyl adjacent to an activating group) is 1. The van der Waals surface area contributed by atoms with E-state index in [2.05, 4.69) is 19.2 Å². The maximum absolute atomic E-state index is 11.9. The maximum Gasteiger partial charge on any atom is 0.251 e. The summed E-state index contributed by atoms with van der Waals surface area (Å²) in [5, 5.41) is 11.8. The molecule has 0 aliphatic heterocycles. The molecule has 0 bridgehead atoms. The Kier molecular flexibility index (Phi) is 6.53. The minimum absolute atomic E-state index is 0.0274. The van der Waals surface area contributed by atoms with Crippen LogP contribution in [0.4, 0.5) is 0 Å². The molecule has 4 heteroatoms. The van der Waals surface area contributed by atoms with Crippen molar-refractivity contribution in [1.82, 2.24) is 10.2 Å². The van der Waals surface area contributed by atoms with E-state index in [9.17, 15) is 4.79 Å². The average molecular weight is 264 g/mol. The summed E-state index contributed by atoms with van der Waals surface area (Å²) in [6.45, 7) is 6.33. The number of hydrogen-bond acceptors (Lipinski definition) is 3. The van der Waals surface area contributed by atoms with Gasteiger partial charge in [0.05, 0.1) is 6.61 Å².